The van der Waals surface area contributed by atoms with Crippen LogP contribution in [0.4, 0.5) is 17.6 Å². The van der Waals surface area contributed by atoms with Crippen molar-refractivity contribution in [3.8, 4) is 0 Å². The normalized spacial score (nSPS) is 13.3. The summed E-state index contributed by atoms with van der Waals surface area (Å²) >= 11 is 1.02. The minimum absolute atomic E-state index is 0.292. The van der Waals surface area contributed by atoms with Crippen molar-refractivity contribution in [3.63, 3.8) is 0 Å². The molecule has 0 aliphatic rings. The standard InChI is InChI=1S/C10H9F4NO3S/c11-8(12)10(13,14)9(18)15-5(4-7(16)17)6-2-1-3-19-6/h1-3,5,8H,4H2,(H,15,18)(H,16,17). The number of aliphatic carboxylic acids is 1. The highest BCUT2D eigenvalue weighted by Gasteiger charge is 2.49. The van der Waals surface area contributed by atoms with E-state index in [-0.39, 0.29) is 0 Å². The number of amides is 1. The SMILES string of the molecule is O=C(O)CC(NC(=O)C(F)(F)C(F)F)c1cccs1. The third kappa shape index (κ3) is 3.91. The minimum Gasteiger partial charge on any atom is -0.481 e. The molecule has 0 spiro atoms. The number of thiophene rings is 1. The van der Waals surface area contributed by atoms with E-state index in [9.17, 15) is 27.2 Å². The highest BCUT2D eigenvalue weighted by molar-refractivity contribution is 7.10. The Morgan fingerprint density at radius 1 is 1.42 bits per heavy atom. The molecule has 0 aliphatic heterocycles. The van der Waals surface area contributed by atoms with Crippen LogP contribution in [0.3, 0.4) is 0 Å². The fourth-order valence-electron chi connectivity index (χ4n) is 1.24. The highest BCUT2D eigenvalue weighted by atomic mass is 32.1. The molecule has 106 valence electrons. The maximum atomic E-state index is 12.8. The first-order valence-corrected chi connectivity index (χ1v) is 5.85. The second-order valence-corrected chi connectivity index (χ2v) is 4.54. The zero-order chi connectivity index (χ0) is 14.6. The molecule has 1 atom stereocenters. The summed E-state index contributed by atoms with van der Waals surface area (Å²) in [6, 6.07) is 1.67. The molecule has 4 nitrogen and oxygen atoms in total. The van der Waals surface area contributed by atoms with Crippen LogP contribution < -0.4 is 5.32 Å². The highest BCUT2D eigenvalue weighted by Crippen LogP contribution is 2.27. The van der Waals surface area contributed by atoms with Crippen LogP contribution in [0.5, 0.6) is 0 Å². The number of carbonyl (C=O) groups is 2. The van der Waals surface area contributed by atoms with Crippen molar-refractivity contribution in [1.29, 1.82) is 0 Å². The molecule has 0 saturated carbocycles. The van der Waals surface area contributed by atoms with Crippen molar-refractivity contribution in [2.45, 2.75) is 24.8 Å². The first-order chi connectivity index (χ1) is 8.75. The fourth-order valence-corrected chi connectivity index (χ4v) is 2.02. The Hall–Kier alpha value is -1.64. The van der Waals surface area contributed by atoms with Gasteiger partial charge in [-0.1, -0.05) is 6.07 Å². The van der Waals surface area contributed by atoms with Gasteiger partial charge in [0.05, 0.1) is 12.5 Å². The fraction of sp³-hybridized carbons (Fsp3) is 0.400. The summed E-state index contributed by atoms with van der Waals surface area (Å²) in [6.07, 6.45) is -4.83. The Labute approximate surface area is 109 Å². The van der Waals surface area contributed by atoms with E-state index in [4.69, 9.17) is 5.11 Å². The topological polar surface area (TPSA) is 66.4 Å². The molecular formula is C10H9F4NO3S. The van der Waals surface area contributed by atoms with Crippen LogP contribution in [0.15, 0.2) is 17.5 Å². The molecule has 1 aromatic rings. The third-order valence-corrected chi connectivity index (χ3v) is 3.13. The van der Waals surface area contributed by atoms with Gasteiger partial charge < -0.3 is 10.4 Å². The van der Waals surface area contributed by atoms with Crippen molar-refractivity contribution in [1.82, 2.24) is 5.32 Å². The van der Waals surface area contributed by atoms with Gasteiger partial charge in [-0.15, -0.1) is 11.3 Å². The summed E-state index contributed by atoms with van der Waals surface area (Å²) in [5, 5.41) is 11.8. The molecule has 1 amide bonds. The second kappa shape index (κ2) is 6.00. The molecule has 0 aliphatic carbocycles. The van der Waals surface area contributed by atoms with Crippen LogP contribution in [0.25, 0.3) is 0 Å². The van der Waals surface area contributed by atoms with Crippen LogP contribution in [0.2, 0.25) is 0 Å². The number of alkyl halides is 4. The first-order valence-electron chi connectivity index (χ1n) is 4.97. The number of nitrogens with one attached hydrogen (secondary N) is 1. The molecule has 1 heterocycles. The lowest BCUT2D eigenvalue weighted by Gasteiger charge is -2.20. The molecule has 1 aromatic heterocycles. The van der Waals surface area contributed by atoms with Gasteiger partial charge in [0.1, 0.15) is 0 Å². The minimum atomic E-state index is -4.85. The number of halogens is 4. The molecule has 19 heavy (non-hydrogen) atoms. The number of hydrogen-bond donors (Lipinski definition) is 2. The smallest absolute Gasteiger partial charge is 0.383 e. The molecule has 1 rings (SSSR count). The van der Waals surface area contributed by atoms with Crippen molar-refractivity contribution in [2.24, 2.45) is 0 Å². The number of carbonyl (C=O) groups excluding carboxylic acids is 1. The van der Waals surface area contributed by atoms with Gasteiger partial charge in [0.15, 0.2) is 0 Å². The van der Waals surface area contributed by atoms with Crippen LogP contribution >= 0.6 is 11.3 Å². The van der Waals surface area contributed by atoms with Crippen molar-refractivity contribution in [2.75, 3.05) is 0 Å². The zero-order valence-electron chi connectivity index (χ0n) is 9.28. The lowest BCUT2D eigenvalue weighted by molar-refractivity contribution is -0.170. The molecule has 0 radical (unpaired) electrons. The van der Waals surface area contributed by atoms with Crippen LogP contribution in [0, 0.1) is 0 Å². The Morgan fingerprint density at radius 3 is 2.47 bits per heavy atom. The lowest BCUT2D eigenvalue weighted by Crippen LogP contribution is -2.46. The summed E-state index contributed by atoms with van der Waals surface area (Å²) in [7, 11) is 0. The second-order valence-electron chi connectivity index (χ2n) is 3.56. The lowest BCUT2D eigenvalue weighted by atomic mass is 10.1. The largest absolute Gasteiger partial charge is 0.481 e. The maximum Gasteiger partial charge on any atom is 0.383 e. The summed E-state index contributed by atoms with van der Waals surface area (Å²) in [4.78, 5) is 21.9. The summed E-state index contributed by atoms with van der Waals surface area (Å²) in [5.41, 5.74) is 0. The van der Waals surface area contributed by atoms with Gasteiger partial charge in [-0.05, 0) is 11.4 Å². The van der Waals surface area contributed by atoms with Crippen molar-refractivity contribution < 1.29 is 32.3 Å². The Bertz CT molecular complexity index is 450. The molecule has 2 N–H and O–H groups in total. The summed E-state index contributed by atoms with van der Waals surface area (Å²) in [5.74, 6) is -8.39. The van der Waals surface area contributed by atoms with E-state index < -0.39 is 36.7 Å². The predicted octanol–water partition coefficient (Wildman–Crippen LogP) is 2.28. The number of rotatable bonds is 6. The number of hydrogen-bond acceptors (Lipinski definition) is 3. The third-order valence-electron chi connectivity index (χ3n) is 2.15. The molecule has 0 saturated heterocycles. The van der Waals surface area contributed by atoms with Crippen LogP contribution in [0.1, 0.15) is 17.3 Å². The van der Waals surface area contributed by atoms with Crippen LogP contribution in [-0.2, 0) is 9.59 Å². The van der Waals surface area contributed by atoms with Gasteiger partial charge >= 0.3 is 18.3 Å². The molecular weight excluding hydrogens is 290 g/mol. The van der Waals surface area contributed by atoms with Gasteiger partial charge in [-0.25, -0.2) is 8.78 Å². The van der Waals surface area contributed by atoms with Gasteiger partial charge in [0.25, 0.3) is 5.91 Å². The molecule has 0 fully saturated rings. The van der Waals surface area contributed by atoms with Crippen LogP contribution in [-0.4, -0.2) is 29.3 Å². The molecule has 1 unspecified atom stereocenters. The van der Waals surface area contributed by atoms with Gasteiger partial charge in [-0.2, -0.15) is 8.78 Å². The number of carboxylic acid groups (broad SMARTS) is 1. The summed E-state index contributed by atoms with van der Waals surface area (Å²) in [6.45, 7) is 0. The van der Waals surface area contributed by atoms with E-state index in [1.54, 1.807) is 10.7 Å². The van der Waals surface area contributed by atoms with E-state index in [1.165, 1.54) is 12.1 Å². The summed E-state index contributed by atoms with van der Waals surface area (Å²) < 4.78 is 49.5. The van der Waals surface area contributed by atoms with Gasteiger partial charge in [0.2, 0.25) is 0 Å². The van der Waals surface area contributed by atoms with E-state index in [0.29, 0.717) is 4.88 Å². The zero-order valence-corrected chi connectivity index (χ0v) is 10.1. The Balaban J connectivity index is 2.84. The monoisotopic (exact) mass is 299 g/mol. The predicted molar refractivity (Wildman–Crippen MR) is 58.4 cm³/mol. The first kappa shape index (κ1) is 15.4. The van der Waals surface area contributed by atoms with Gasteiger partial charge in [0, 0.05) is 4.88 Å². The Morgan fingerprint density at radius 2 is 2.05 bits per heavy atom. The quantitative estimate of drug-likeness (QED) is 0.792. The van der Waals surface area contributed by atoms with Crippen molar-refractivity contribution >= 4 is 23.2 Å². The molecule has 0 bridgehead atoms. The van der Waals surface area contributed by atoms with E-state index in [1.807, 2.05) is 0 Å². The molecule has 9 heteroatoms. The maximum absolute atomic E-state index is 12.8. The Kier molecular flexibility index (Phi) is 4.87. The average Bonchev–Trinajstić information content (AvgIpc) is 2.80. The van der Waals surface area contributed by atoms with E-state index in [2.05, 4.69) is 0 Å². The van der Waals surface area contributed by atoms with E-state index >= 15 is 0 Å². The average molecular weight is 299 g/mol. The number of carboxylic acids is 1. The van der Waals surface area contributed by atoms with E-state index in [0.717, 1.165) is 11.3 Å². The van der Waals surface area contributed by atoms with Gasteiger partial charge in [-0.3, -0.25) is 9.59 Å². The van der Waals surface area contributed by atoms with Crippen molar-refractivity contribution in [3.05, 3.63) is 22.4 Å². The molecule has 0 aromatic carbocycles.